The third-order valence-corrected chi connectivity index (χ3v) is 4.22. The summed E-state index contributed by atoms with van der Waals surface area (Å²) in [6, 6.07) is 8.76. The van der Waals surface area contributed by atoms with E-state index in [0.717, 1.165) is 12.8 Å². The lowest BCUT2D eigenvalue weighted by Gasteiger charge is -2.38. The van der Waals surface area contributed by atoms with E-state index in [1.807, 2.05) is 12.5 Å². The maximum Gasteiger partial charge on any atom is 0.0956 e. The Kier molecular flexibility index (Phi) is 1.77. The fourth-order valence-corrected chi connectivity index (χ4v) is 3.19. The number of nitrogens with zero attached hydrogens (tertiary/aromatic N) is 2. The molecule has 1 aliphatic heterocycles. The number of hydrogen-bond donors (Lipinski definition) is 1. The van der Waals surface area contributed by atoms with Crippen molar-refractivity contribution in [3.8, 4) is 11.3 Å². The van der Waals surface area contributed by atoms with Crippen LogP contribution < -0.4 is 0 Å². The van der Waals surface area contributed by atoms with Gasteiger partial charge in [-0.05, 0) is 18.4 Å². The molecule has 17 heavy (non-hydrogen) atoms. The van der Waals surface area contributed by atoms with Crippen molar-refractivity contribution < 1.29 is 5.11 Å². The Hall–Kier alpha value is -1.61. The molecule has 1 aromatic heterocycles. The molecule has 2 heterocycles. The molecule has 3 heteroatoms. The fraction of sp³-hybridized carbons (Fsp3) is 0.357. The quantitative estimate of drug-likeness (QED) is 0.809. The van der Waals surface area contributed by atoms with E-state index in [-0.39, 0.29) is 12.1 Å². The minimum Gasteiger partial charge on any atom is -0.393 e. The van der Waals surface area contributed by atoms with Gasteiger partial charge in [0.15, 0.2) is 0 Å². The van der Waals surface area contributed by atoms with E-state index in [1.54, 1.807) is 0 Å². The summed E-state index contributed by atoms with van der Waals surface area (Å²) < 4.78 is 2.22. The molecule has 1 saturated carbocycles. The highest BCUT2D eigenvalue weighted by molar-refractivity contribution is 5.69. The van der Waals surface area contributed by atoms with Crippen LogP contribution in [0.5, 0.6) is 0 Å². The number of hydrogen-bond acceptors (Lipinski definition) is 2. The Labute approximate surface area is 99.7 Å². The lowest BCUT2D eigenvalue weighted by molar-refractivity contribution is 0.00415. The highest BCUT2D eigenvalue weighted by atomic mass is 16.3. The minimum atomic E-state index is -0.151. The van der Waals surface area contributed by atoms with E-state index < -0.39 is 0 Å². The third kappa shape index (κ3) is 1.12. The largest absolute Gasteiger partial charge is 0.393 e. The van der Waals surface area contributed by atoms with Crippen molar-refractivity contribution in [3.63, 3.8) is 0 Å². The number of benzene rings is 1. The Bertz CT molecular complexity index is 575. The van der Waals surface area contributed by atoms with E-state index in [0.29, 0.717) is 5.92 Å². The van der Waals surface area contributed by atoms with Crippen molar-refractivity contribution in [2.45, 2.75) is 25.0 Å². The van der Waals surface area contributed by atoms with Crippen LogP contribution in [0.2, 0.25) is 0 Å². The molecule has 2 aliphatic rings. The molecule has 0 spiro atoms. The van der Waals surface area contributed by atoms with Gasteiger partial charge in [0.25, 0.3) is 0 Å². The summed E-state index contributed by atoms with van der Waals surface area (Å²) in [5, 5.41) is 9.92. The Morgan fingerprint density at radius 1 is 1.24 bits per heavy atom. The number of aliphatic hydroxyl groups is 1. The van der Waals surface area contributed by atoms with Gasteiger partial charge in [0.2, 0.25) is 0 Å². The molecule has 0 amide bonds. The predicted molar refractivity (Wildman–Crippen MR) is 64.5 cm³/mol. The molecule has 86 valence electrons. The lowest BCUT2D eigenvalue weighted by atomic mass is 9.74. The second-order valence-corrected chi connectivity index (χ2v) is 5.03. The van der Waals surface area contributed by atoms with Crippen molar-refractivity contribution in [1.82, 2.24) is 9.55 Å². The molecule has 3 atom stereocenters. The van der Waals surface area contributed by atoms with Crippen molar-refractivity contribution in [2.24, 2.45) is 5.92 Å². The van der Waals surface area contributed by atoms with Crippen LogP contribution in [0.3, 0.4) is 0 Å². The molecular formula is C14H14N2O. The molecule has 0 bridgehead atoms. The van der Waals surface area contributed by atoms with Crippen molar-refractivity contribution in [1.29, 1.82) is 0 Å². The molecule has 1 N–H and O–H groups in total. The first-order valence-electron chi connectivity index (χ1n) is 6.15. The number of aliphatic hydroxyl groups excluding tert-OH is 1. The molecule has 3 nitrogen and oxygen atoms in total. The number of imidazole rings is 1. The summed E-state index contributed by atoms with van der Waals surface area (Å²) >= 11 is 0. The van der Waals surface area contributed by atoms with Gasteiger partial charge in [-0.3, -0.25) is 0 Å². The molecular weight excluding hydrogens is 212 g/mol. The van der Waals surface area contributed by atoms with Crippen LogP contribution in [0.1, 0.15) is 24.4 Å². The topological polar surface area (TPSA) is 38.1 Å². The normalized spacial score (nSPS) is 29.6. The van der Waals surface area contributed by atoms with E-state index in [1.165, 1.54) is 16.8 Å². The minimum absolute atomic E-state index is 0.151. The molecule has 1 aliphatic carbocycles. The summed E-state index contributed by atoms with van der Waals surface area (Å²) in [6.45, 7) is 0. The molecule has 1 fully saturated rings. The SMILES string of the molecule is OC1CC[C@H]1[C@@H]1c2ccccc2-c2cncn21. The molecule has 2 aromatic rings. The van der Waals surface area contributed by atoms with E-state index in [2.05, 4.69) is 33.8 Å². The van der Waals surface area contributed by atoms with Crippen LogP contribution >= 0.6 is 0 Å². The maximum atomic E-state index is 9.92. The first-order valence-corrected chi connectivity index (χ1v) is 6.15. The Balaban J connectivity index is 1.90. The zero-order valence-electron chi connectivity index (χ0n) is 9.45. The van der Waals surface area contributed by atoms with Crippen molar-refractivity contribution >= 4 is 0 Å². The van der Waals surface area contributed by atoms with Gasteiger partial charge in [0.05, 0.1) is 30.4 Å². The third-order valence-electron chi connectivity index (χ3n) is 4.22. The highest BCUT2D eigenvalue weighted by Gasteiger charge is 2.41. The zero-order valence-corrected chi connectivity index (χ0v) is 9.45. The molecule has 1 unspecified atom stereocenters. The summed E-state index contributed by atoms with van der Waals surface area (Å²) in [4.78, 5) is 4.24. The summed E-state index contributed by atoms with van der Waals surface area (Å²) in [5.74, 6) is 0.353. The summed E-state index contributed by atoms with van der Waals surface area (Å²) in [6.07, 6.45) is 5.71. The van der Waals surface area contributed by atoms with Gasteiger partial charge in [0, 0.05) is 11.5 Å². The fourth-order valence-electron chi connectivity index (χ4n) is 3.19. The first-order chi connectivity index (χ1) is 8.36. The lowest BCUT2D eigenvalue weighted by Crippen LogP contribution is -2.37. The van der Waals surface area contributed by atoms with Crippen LogP contribution in [0.25, 0.3) is 11.3 Å². The van der Waals surface area contributed by atoms with Gasteiger partial charge in [0.1, 0.15) is 0 Å². The Morgan fingerprint density at radius 2 is 2.12 bits per heavy atom. The second kappa shape index (κ2) is 3.20. The summed E-state index contributed by atoms with van der Waals surface area (Å²) in [7, 11) is 0. The van der Waals surface area contributed by atoms with Crippen LogP contribution in [0, 0.1) is 5.92 Å². The molecule has 0 radical (unpaired) electrons. The summed E-state index contributed by atoms with van der Waals surface area (Å²) in [5.41, 5.74) is 3.80. The van der Waals surface area contributed by atoms with Gasteiger partial charge in [-0.2, -0.15) is 0 Å². The van der Waals surface area contributed by atoms with Crippen LogP contribution in [0.15, 0.2) is 36.8 Å². The highest BCUT2D eigenvalue weighted by Crippen LogP contribution is 2.48. The van der Waals surface area contributed by atoms with Crippen molar-refractivity contribution in [2.75, 3.05) is 0 Å². The number of rotatable bonds is 1. The number of fused-ring (bicyclic) bond motifs is 3. The Morgan fingerprint density at radius 3 is 2.88 bits per heavy atom. The van der Waals surface area contributed by atoms with Crippen molar-refractivity contribution in [3.05, 3.63) is 42.4 Å². The van der Waals surface area contributed by atoms with E-state index in [4.69, 9.17) is 0 Å². The second-order valence-electron chi connectivity index (χ2n) is 5.03. The molecule has 4 rings (SSSR count). The molecule has 1 aromatic carbocycles. The average molecular weight is 226 g/mol. The molecule has 0 saturated heterocycles. The zero-order chi connectivity index (χ0) is 11.4. The van der Waals surface area contributed by atoms with Gasteiger partial charge in [-0.25, -0.2) is 4.98 Å². The van der Waals surface area contributed by atoms with E-state index in [9.17, 15) is 5.11 Å². The average Bonchev–Trinajstić information content (AvgIpc) is 2.91. The predicted octanol–water partition coefficient (Wildman–Crippen LogP) is 2.22. The standard InChI is InChI=1S/C14H14N2O/c17-13-6-5-11(13)14-10-4-2-1-3-9(10)12-7-15-8-16(12)14/h1-4,7-8,11,13-14,17H,5-6H2/t11-,13?,14+/m1/s1. The van der Waals surface area contributed by atoms with Gasteiger partial charge < -0.3 is 9.67 Å². The smallest absolute Gasteiger partial charge is 0.0956 e. The first kappa shape index (κ1) is 9.42. The number of aromatic nitrogens is 2. The maximum absolute atomic E-state index is 9.92. The van der Waals surface area contributed by atoms with Gasteiger partial charge >= 0.3 is 0 Å². The van der Waals surface area contributed by atoms with Crippen LogP contribution in [0.4, 0.5) is 0 Å². The van der Waals surface area contributed by atoms with Crippen LogP contribution in [-0.2, 0) is 0 Å². The van der Waals surface area contributed by atoms with Gasteiger partial charge in [-0.15, -0.1) is 0 Å². The van der Waals surface area contributed by atoms with Gasteiger partial charge in [-0.1, -0.05) is 24.3 Å². The van der Waals surface area contributed by atoms with Crippen LogP contribution in [-0.4, -0.2) is 20.8 Å². The van der Waals surface area contributed by atoms with E-state index >= 15 is 0 Å². The monoisotopic (exact) mass is 226 g/mol.